The summed E-state index contributed by atoms with van der Waals surface area (Å²) in [6, 6.07) is 0. The molecule has 1 N–H and O–H groups in total. The second-order valence-electron chi connectivity index (χ2n) is 4.23. The molecule has 0 bridgehead atoms. The second-order valence-corrected chi connectivity index (χ2v) is 5.63. The summed E-state index contributed by atoms with van der Waals surface area (Å²) >= 11 is 1.92. The molecule has 1 atom stereocenters. The summed E-state index contributed by atoms with van der Waals surface area (Å²) in [5, 5.41) is 10.0. The Hall–Kier alpha value is 0.0500. The standard InChI is InChI=1S/C13H24OS/c1-2-15-11-10-13(14)12-8-6-4-3-5-7-9-12/h8,13-14H,2-7,9-11H2,1H3. The molecule has 1 unspecified atom stereocenters. The van der Waals surface area contributed by atoms with Gasteiger partial charge in [-0.15, -0.1) is 0 Å². The van der Waals surface area contributed by atoms with Gasteiger partial charge in [-0.2, -0.15) is 11.8 Å². The smallest absolute Gasteiger partial charge is 0.0758 e. The Kier molecular flexibility index (Phi) is 7.20. The van der Waals surface area contributed by atoms with Gasteiger partial charge in [-0.1, -0.05) is 25.8 Å². The third-order valence-electron chi connectivity index (χ3n) is 2.99. The largest absolute Gasteiger partial charge is 0.389 e. The molecule has 0 spiro atoms. The van der Waals surface area contributed by atoms with Crippen molar-refractivity contribution >= 4 is 11.8 Å². The monoisotopic (exact) mass is 228 g/mol. The summed E-state index contributed by atoms with van der Waals surface area (Å²) in [4.78, 5) is 0. The fourth-order valence-electron chi connectivity index (χ4n) is 2.04. The number of hydrogen-bond acceptors (Lipinski definition) is 2. The van der Waals surface area contributed by atoms with Crippen LogP contribution in [-0.2, 0) is 0 Å². The lowest BCUT2D eigenvalue weighted by molar-refractivity contribution is 0.202. The van der Waals surface area contributed by atoms with Gasteiger partial charge in [0.05, 0.1) is 6.10 Å². The molecule has 1 nitrogen and oxygen atoms in total. The molecule has 0 aliphatic heterocycles. The van der Waals surface area contributed by atoms with Crippen LogP contribution in [0.4, 0.5) is 0 Å². The molecule has 1 aliphatic rings. The Labute approximate surface area is 98.3 Å². The van der Waals surface area contributed by atoms with Gasteiger partial charge in [0.1, 0.15) is 0 Å². The van der Waals surface area contributed by atoms with Crippen molar-refractivity contribution in [3.05, 3.63) is 11.6 Å². The SMILES string of the molecule is CCSCCC(O)C1=CCCCCCC1. The first-order valence-electron chi connectivity index (χ1n) is 6.29. The van der Waals surface area contributed by atoms with Gasteiger partial charge in [0.2, 0.25) is 0 Å². The number of hydrogen-bond donors (Lipinski definition) is 1. The van der Waals surface area contributed by atoms with Crippen LogP contribution in [-0.4, -0.2) is 22.7 Å². The van der Waals surface area contributed by atoms with E-state index in [-0.39, 0.29) is 6.10 Å². The second kappa shape index (κ2) is 8.23. The highest BCUT2D eigenvalue weighted by atomic mass is 32.2. The van der Waals surface area contributed by atoms with E-state index in [0.29, 0.717) is 0 Å². The Morgan fingerprint density at radius 2 is 2.13 bits per heavy atom. The van der Waals surface area contributed by atoms with Gasteiger partial charge in [0, 0.05) is 0 Å². The Bertz CT molecular complexity index is 189. The van der Waals surface area contributed by atoms with E-state index < -0.39 is 0 Å². The maximum atomic E-state index is 10.0. The number of aliphatic hydroxyl groups is 1. The summed E-state index contributed by atoms with van der Waals surface area (Å²) in [6.45, 7) is 2.17. The highest BCUT2D eigenvalue weighted by Crippen LogP contribution is 2.21. The van der Waals surface area contributed by atoms with E-state index in [1.54, 1.807) is 0 Å². The van der Waals surface area contributed by atoms with Crippen molar-refractivity contribution in [2.75, 3.05) is 11.5 Å². The summed E-state index contributed by atoms with van der Waals surface area (Å²) < 4.78 is 0. The van der Waals surface area contributed by atoms with Crippen molar-refractivity contribution < 1.29 is 5.11 Å². The van der Waals surface area contributed by atoms with E-state index in [0.717, 1.165) is 24.3 Å². The number of allylic oxidation sites excluding steroid dienone is 1. The molecule has 0 radical (unpaired) electrons. The number of rotatable bonds is 5. The van der Waals surface area contributed by atoms with Crippen molar-refractivity contribution in [3.8, 4) is 0 Å². The van der Waals surface area contributed by atoms with Crippen molar-refractivity contribution in [2.24, 2.45) is 0 Å². The van der Waals surface area contributed by atoms with Gasteiger partial charge in [0.15, 0.2) is 0 Å². The maximum absolute atomic E-state index is 10.0. The minimum absolute atomic E-state index is 0.165. The Morgan fingerprint density at radius 3 is 2.93 bits per heavy atom. The van der Waals surface area contributed by atoms with Gasteiger partial charge >= 0.3 is 0 Å². The van der Waals surface area contributed by atoms with E-state index in [9.17, 15) is 5.11 Å². The molecule has 0 aromatic carbocycles. The van der Waals surface area contributed by atoms with Crippen molar-refractivity contribution in [1.29, 1.82) is 0 Å². The van der Waals surface area contributed by atoms with Crippen LogP contribution in [0.3, 0.4) is 0 Å². The van der Waals surface area contributed by atoms with Crippen LogP contribution in [0.5, 0.6) is 0 Å². The molecular formula is C13H24OS. The van der Waals surface area contributed by atoms with E-state index in [1.807, 2.05) is 11.8 Å². The lowest BCUT2D eigenvalue weighted by Crippen LogP contribution is -2.12. The van der Waals surface area contributed by atoms with Crippen molar-refractivity contribution in [1.82, 2.24) is 0 Å². The van der Waals surface area contributed by atoms with Crippen LogP contribution in [0.15, 0.2) is 11.6 Å². The molecule has 88 valence electrons. The fraction of sp³-hybridized carbons (Fsp3) is 0.846. The molecule has 0 amide bonds. The zero-order chi connectivity index (χ0) is 10.9. The third kappa shape index (κ3) is 5.62. The average molecular weight is 228 g/mol. The van der Waals surface area contributed by atoms with Crippen LogP contribution >= 0.6 is 11.8 Å². The predicted molar refractivity (Wildman–Crippen MR) is 69.4 cm³/mol. The molecule has 15 heavy (non-hydrogen) atoms. The molecule has 1 aliphatic carbocycles. The summed E-state index contributed by atoms with van der Waals surface area (Å²) in [5.74, 6) is 2.25. The first-order valence-corrected chi connectivity index (χ1v) is 7.44. The predicted octanol–water partition coefficient (Wildman–Crippen LogP) is 3.77. The highest BCUT2D eigenvalue weighted by molar-refractivity contribution is 7.99. The summed E-state index contributed by atoms with van der Waals surface area (Å²) in [7, 11) is 0. The van der Waals surface area contributed by atoms with E-state index >= 15 is 0 Å². The lowest BCUT2D eigenvalue weighted by atomic mass is 9.95. The van der Waals surface area contributed by atoms with Crippen molar-refractivity contribution in [2.45, 2.75) is 58.0 Å². The molecule has 0 saturated heterocycles. The zero-order valence-electron chi connectivity index (χ0n) is 9.87. The summed E-state index contributed by atoms with van der Waals surface area (Å²) in [5.41, 5.74) is 1.31. The fourth-order valence-corrected chi connectivity index (χ4v) is 2.72. The van der Waals surface area contributed by atoms with Gasteiger partial charge in [-0.25, -0.2) is 0 Å². The molecule has 0 fully saturated rings. The molecule has 0 saturated carbocycles. The van der Waals surface area contributed by atoms with Gasteiger partial charge in [0.25, 0.3) is 0 Å². The number of aliphatic hydroxyl groups excluding tert-OH is 1. The van der Waals surface area contributed by atoms with Gasteiger partial charge in [-0.3, -0.25) is 0 Å². The summed E-state index contributed by atoms with van der Waals surface area (Å²) in [6.07, 6.45) is 10.6. The van der Waals surface area contributed by atoms with Gasteiger partial charge in [-0.05, 0) is 49.2 Å². The maximum Gasteiger partial charge on any atom is 0.0758 e. The molecule has 0 heterocycles. The molecule has 1 rings (SSSR count). The Balaban J connectivity index is 2.30. The van der Waals surface area contributed by atoms with Crippen LogP contribution < -0.4 is 0 Å². The first kappa shape index (κ1) is 13.1. The molecule has 0 aromatic heterocycles. The molecule has 0 aromatic rings. The normalized spacial score (nSPS) is 20.3. The topological polar surface area (TPSA) is 20.2 Å². The molecular weight excluding hydrogens is 204 g/mol. The third-order valence-corrected chi connectivity index (χ3v) is 3.93. The minimum Gasteiger partial charge on any atom is -0.389 e. The highest BCUT2D eigenvalue weighted by Gasteiger charge is 2.11. The Morgan fingerprint density at radius 1 is 1.33 bits per heavy atom. The van der Waals surface area contributed by atoms with Gasteiger partial charge < -0.3 is 5.11 Å². The van der Waals surface area contributed by atoms with E-state index in [4.69, 9.17) is 0 Å². The van der Waals surface area contributed by atoms with E-state index in [2.05, 4.69) is 13.0 Å². The average Bonchev–Trinajstić information content (AvgIpc) is 2.17. The van der Waals surface area contributed by atoms with Crippen molar-refractivity contribution in [3.63, 3.8) is 0 Å². The van der Waals surface area contributed by atoms with Crippen LogP contribution in [0.1, 0.15) is 51.9 Å². The van der Waals surface area contributed by atoms with Crippen LogP contribution in [0, 0.1) is 0 Å². The first-order chi connectivity index (χ1) is 7.34. The number of thioether (sulfide) groups is 1. The van der Waals surface area contributed by atoms with Crippen LogP contribution in [0.2, 0.25) is 0 Å². The zero-order valence-corrected chi connectivity index (χ0v) is 10.7. The lowest BCUT2D eigenvalue weighted by Gasteiger charge is -2.17. The van der Waals surface area contributed by atoms with E-state index in [1.165, 1.54) is 37.7 Å². The minimum atomic E-state index is -0.165. The molecule has 2 heteroatoms. The van der Waals surface area contributed by atoms with Crippen LogP contribution in [0.25, 0.3) is 0 Å². The quantitative estimate of drug-likeness (QED) is 0.571.